The number of thiophene rings is 1. The first-order valence-electron chi connectivity index (χ1n) is 6.56. The van der Waals surface area contributed by atoms with Crippen molar-refractivity contribution in [3.8, 4) is 0 Å². The molecule has 0 bridgehead atoms. The van der Waals surface area contributed by atoms with Gasteiger partial charge < -0.3 is 20.1 Å². The van der Waals surface area contributed by atoms with E-state index in [9.17, 15) is 9.59 Å². The van der Waals surface area contributed by atoms with E-state index in [2.05, 4.69) is 5.32 Å². The number of morpholine rings is 1. The van der Waals surface area contributed by atoms with Crippen molar-refractivity contribution in [3.05, 3.63) is 22.4 Å². The molecule has 1 atom stereocenters. The number of carboxylic acid groups (broad SMARTS) is 1. The second kappa shape index (κ2) is 7.25. The lowest BCUT2D eigenvalue weighted by molar-refractivity contribution is -0.137. The highest BCUT2D eigenvalue weighted by Gasteiger charge is 2.25. The number of carbonyl (C=O) groups is 2. The number of hydrogen-bond acceptors (Lipinski definition) is 4. The van der Waals surface area contributed by atoms with Crippen molar-refractivity contribution in [2.45, 2.75) is 18.9 Å². The van der Waals surface area contributed by atoms with Gasteiger partial charge >= 0.3 is 12.0 Å². The van der Waals surface area contributed by atoms with Gasteiger partial charge in [0.05, 0.1) is 13.2 Å². The highest BCUT2D eigenvalue weighted by molar-refractivity contribution is 7.10. The minimum atomic E-state index is -0.844. The summed E-state index contributed by atoms with van der Waals surface area (Å²) < 4.78 is 5.67. The van der Waals surface area contributed by atoms with Gasteiger partial charge in [-0.3, -0.25) is 4.79 Å². The van der Waals surface area contributed by atoms with E-state index in [-0.39, 0.29) is 18.6 Å². The number of hydrogen-bond donors (Lipinski definition) is 2. The number of nitrogens with zero attached hydrogens (tertiary/aromatic N) is 1. The van der Waals surface area contributed by atoms with Crippen LogP contribution in [0, 0.1) is 0 Å². The maximum absolute atomic E-state index is 12.0. The summed E-state index contributed by atoms with van der Waals surface area (Å²) >= 11 is 1.62. The number of nitrogens with one attached hydrogen (secondary N) is 1. The third kappa shape index (κ3) is 4.21. The average molecular weight is 298 g/mol. The van der Waals surface area contributed by atoms with Crippen LogP contribution in [0.1, 0.15) is 23.8 Å². The minimum Gasteiger partial charge on any atom is -0.481 e. The number of amides is 2. The van der Waals surface area contributed by atoms with Gasteiger partial charge in [-0.05, 0) is 17.9 Å². The number of ether oxygens (including phenoxy) is 1. The molecule has 1 aromatic rings. The van der Waals surface area contributed by atoms with Crippen molar-refractivity contribution < 1.29 is 19.4 Å². The van der Waals surface area contributed by atoms with Crippen LogP contribution in [-0.2, 0) is 9.53 Å². The fourth-order valence-electron chi connectivity index (χ4n) is 2.03. The molecule has 7 heteroatoms. The maximum Gasteiger partial charge on any atom is 0.317 e. The Bertz CT molecular complexity index is 449. The lowest BCUT2D eigenvalue weighted by Gasteiger charge is -2.32. The number of aliphatic carboxylic acids is 1. The van der Waals surface area contributed by atoms with Crippen molar-refractivity contribution in [1.82, 2.24) is 10.2 Å². The Balaban J connectivity index is 1.77. The van der Waals surface area contributed by atoms with Crippen LogP contribution in [0.15, 0.2) is 17.5 Å². The van der Waals surface area contributed by atoms with E-state index in [0.29, 0.717) is 32.7 Å². The fraction of sp³-hybridized carbons (Fsp3) is 0.538. The van der Waals surface area contributed by atoms with Gasteiger partial charge in [-0.1, -0.05) is 6.07 Å². The molecule has 0 radical (unpaired) electrons. The Morgan fingerprint density at radius 2 is 2.40 bits per heavy atom. The summed E-state index contributed by atoms with van der Waals surface area (Å²) in [7, 11) is 0. The van der Waals surface area contributed by atoms with E-state index in [4.69, 9.17) is 9.84 Å². The molecule has 1 unspecified atom stereocenters. The topological polar surface area (TPSA) is 78.9 Å². The number of urea groups is 1. The molecule has 2 amide bonds. The van der Waals surface area contributed by atoms with Gasteiger partial charge in [-0.25, -0.2) is 4.79 Å². The first-order chi connectivity index (χ1) is 9.66. The summed E-state index contributed by atoms with van der Waals surface area (Å²) in [6.07, 6.45) is 0.453. The van der Waals surface area contributed by atoms with Gasteiger partial charge in [0.2, 0.25) is 0 Å². The molecule has 110 valence electrons. The zero-order chi connectivity index (χ0) is 14.4. The zero-order valence-electron chi connectivity index (χ0n) is 11.1. The molecule has 6 nitrogen and oxygen atoms in total. The van der Waals surface area contributed by atoms with Crippen LogP contribution >= 0.6 is 11.3 Å². The molecule has 0 spiro atoms. The third-order valence-electron chi connectivity index (χ3n) is 3.06. The summed E-state index contributed by atoms with van der Waals surface area (Å²) in [5.74, 6) is -0.844. The first-order valence-corrected chi connectivity index (χ1v) is 7.44. The highest BCUT2D eigenvalue weighted by atomic mass is 32.1. The van der Waals surface area contributed by atoms with Crippen molar-refractivity contribution in [3.63, 3.8) is 0 Å². The Morgan fingerprint density at radius 1 is 1.55 bits per heavy atom. The van der Waals surface area contributed by atoms with E-state index in [1.54, 1.807) is 16.2 Å². The fourth-order valence-corrected chi connectivity index (χ4v) is 2.79. The maximum atomic E-state index is 12.0. The largest absolute Gasteiger partial charge is 0.481 e. The van der Waals surface area contributed by atoms with Crippen LogP contribution in [0.5, 0.6) is 0 Å². The van der Waals surface area contributed by atoms with Crippen molar-refractivity contribution in [1.29, 1.82) is 0 Å². The predicted molar refractivity (Wildman–Crippen MR) is 74.9 cm³/mol. The molecule has 2 rings (SSSR count). The normalized spacial score (nSPS) is 18.8. The third-order valence-corrected chi connectivity index (χ3v) is 4.02. The molecule has 1 aromatic heterocycles. The van der Waals surface area contributed by atoms with Gasteiger partial charge in [0.15, 0.2) is 0 Å². The molecule has 2 heterocycles. The molecule has 2 N–H and O–H groups in total. The van der Waals surface area contributed by atoms with Gasteiger partial charge in [0.1, 0.15) is 6.10 Å². The molecule has 20 heavy (non-hydrogen) atoms. The molecule has 1 aliphatic heterocycles. The first kappa shape index (κ1) is 14.8. The Kier molecular flexibility index (Phi) is 5.37. The lowest BCUT2D eigenvalue weighted by Crippen LogP contribution is -2.47. The standard InChI is InChI=1S/C13H18N2O4S/c16-12(17)4-1-5-14-13(18)15-6-7-19-10(9-15)11-3-2-8-20-11/h2-3,8,10H,1,4-7,9H2,(H,14,18)(H,16,17). The average Bonchev–Trinajstić information content (AvgIpc) is 2.97. The van der Waals surface area contributed by atoms with Crippen LogP contribution in [0.3, 0.4) is 0 Å². The van der Waals surface area contributed by atoms with Gasteiger partial charge in [-0.2, -0.15) is 0 Å². The van der Waals surface area contributed by atoms with Crippen LogP contribution in [0.2, 0.25) is 0 Å². The Hall–Kier alpha value is -1.60. The monoisotopic (exact) mass is 298 g/mol. The number of carboxylic acids is 1. The number of carbonyl (C=O) groups excluding carboxylic acids is 1. The Labute approximate surface area is 121 Å². The van der Waals surface area contributed by atoms with E-state index < -0.39 is 5.97 Å². The van der Waals surface area contributed by atoms with Crippen LogP contribution < -0.4 is 5.32 Å². The van der Waals surface area contributed by atoms with Crippen LogP contribution in [0.4, 0.5) is 4.79 Å². The molecular formula is C13H18N2O4S. The minimum absolute atomic E-state index is 0.0616. The Morgan fingerprint density at radius 3 is 3.10 bits per heavy atom. The van der Waals surface area contributed by atoms with Crippen molar-refractivity contribution in [2.24, 2.45) is 0 Å². The van der Waals surface area contributed by atoms with Crippen molar-refractivity contribution in [2.75, 3.05) is 26.2 Å². The van der Waals surface area contributed by atoms with E-state index in [0.717, 1.165) is 4.88 Å². The molecule has 0 aliphatic carbocycles. The second-order valence-corrected chi connectivity index (χ2v) is 5.53. The summed E-state index contributed by atoms with van der Waals surface area (Å²) in [5.41, 5.74) is 0. The summed E-state index contributed by atoms with van der Waals surface area (Å²) in [6, 6.07) is 3.82. The zero-order valence-corrected chi connectivity index (χ0v) is 11.9. The van der Waals surface area contributed by atoms with E-state index in [1.807, 2.05) is 17.5 Å². The van der Waals surface area contributed by atoms with Gasteiger partial charge in [0.25, 0.3) is 0 Å². The van der Waals surface area contributed by atoms with Crippen LogP contribution in [-0.4, -0.2) is 48.2 Å². The summed E-state index contributed by atoms with van der Waals surface area (Å²) in [4.78, 5) is 25.2. The second-order valence-electron chi connectivity index (χ2n) is 4.55. The highest BCUT2D eigenvalue weighted by Crippen LogP contribution is 2.25. The quantitative estimate of drug-likeness (QED) is 0.811. The number of rotatable bonds is 5. The van der Waals surface area contributed by atoms with Gasteiger partial charge in [-0.15, -0.1) is 11.3 Å². The molecule has 1 saturated heterocycles. The molecule has 0 aromatic carbocycles. The van der Waals surface area contributed by atoms with E-state index in [1.165, 1.54) is 0 Å². The van der Waals surface area contributed by atoms with Gasteiger partial charge in [0, 0.05) is 24.4 Å². The SMILES string of the molecule is O=C(O)CCCNC(=O)N1CCOC(c2cccs2)C1. The van der Waals surface area contributed by atoms with Crippen LogP contribution in [0.25, 0.3) is 0 Å². The summed E-state index contributed by atoms with van der Waals surface area (Å²) in [5, 5.41) is 13.3. The molecule has 1 fully saturated rings. The summed E-state index contributed by atoms with van der Waals surface area (Å²) in [6.45, 7) is 2.00. The molecular weight excluding hydrogens is 280 g/mol. The van der Waals surface area contributed by atoms with Crippen molar-refractivity contribution >= 4 is 23.3 Å². The molecule has 1 aliphatic rings. The lowest BCUT2D eigenvalue weighted by atomic mass is 10.2. The van der Waals surface area contributed by atoms with E-state index >= 15 is 0 Å². The smallest absolute Gasteiger partial charge is 0.317 e. The predicted octanol–water partition coefficient (Wildman–Crippen LogP) is 1.70. The molecule has 0 saturated carbocycles.